The summed E-state index contributed by atoms with van der Waals surface area (Å²) in [6.45, 7) is 6.81. The molecule has 7 nitrogen and oxygen atoms in total. The van der Waals surface area contributed by atoms with Gasteiger partial charge in [-0.05, 0) is 37.0 Å². The van der Waals surface area contributed by atoms with Crippen LogP contribution in [0.1, 0.15) is 37.0 Å². The molecule has 30 heavy (non-hydrogen) atoms. The smallest absolute Gasteiger partial charge is 0.253 e. The molecule has 0 aliphatic carbocycles. The van der Waals surface area contributed by atoms with Crippen LogP contribution in [-0.2, 0) is 6.54 Å². The van der Waals surface area contributed by atoms with E-state index in [0.717, 1.165) is 54.9 Å². The number of para-hydroxylation sites is 2. The van der Waals surface area contributed by atoms with Crippen LogP contribution >= 0.6 is 0 Å². The number of aromatic nitrogens is 3. The molecule has 3 aromatic rings. The molecule has 1 N–H and O–H groups in total. The summed E-state index contributed by atoms with van der Waals surface area (Å²) in [5, 5.41) is 8.49. The summed E-state index contributed by atoms with van der Waals surface area (Å²) in [7, 11) is 1.69. The molecule has 1 aliphatic rings. The van der Waals surface area contributed by atoms with Crippen molar-refractivity contribution < 1.29 is 9.53 Å². The van der Waals surface area contributed by atoms with Crippen molar-refractivity contribution in [2.24, 2.45) is 5.92 Å². The van der Waals surface area contributed by atoms with Gasteiger partial charge in [0, 0.05) is 37.3 Å². The van der Waals surface area contributed by atoms with Crippen LogP contribution in [0.4, 0.5) is 5.69 Å². The van der Waals surface area contributed by atoms with Gasteiger partial charge >= 0.3 is 0 Å². The lowest BCUT2D eigenvalue weighted by molar-refractivity contribution is 0.0933. The van der Waals surface area contributed by atoms with Crippen LogP contribution in [0.3, 0.4) is 0 Å². The van der Waals surface area contributed by atoms with E-state index in [2.05, 4.69) is 40.2 Å². The quantitative estimate of drug-likeness (QED) is 0.677. The van der Waals surface area contributed by atoms with Crippen molar-refractivity contribution in [3.8, 4) is 5.75 Å². The number of hydrogen-bond acceptors (Lipinski definition) is 5. The number of ether oxygens (including phenoxy) is 1. The fraction of sp³-hybridized carbons (Fsp3) is 0.435. The Morgan fingerprint density at radius 1 is 1.30 bits per heavy atom. The lowest BCUT2D eigenvalue weighted by Gasteiger charge is -2.35. The Balaban J connectivity index is 1.45. The van der Waals surface area contributed by atoms with Crippen LogP contribution in [0, 0.1) is 5.92 Å². The summed E-state index contributed by atoms with van der Waals surface area (Å²) in [5.74, 6) is 1.25. The van der Waals surface area contributed by atoms with Crippen molar-refractivity contribution in [3.05, 3.63) is 48.3 Å². The Labute approximate surface area is 177 Å². The molecule has 0 bridgehead atoms. The Kier molecular flexibility index (Phi) is 5.88. The highest BCUT2D eigenvalue weighted by atomic mass is 16.5. The highest BCUT2D eigenvalue weighted by Crippen LogP contribution is 2.30. The van der Waals surface area contributed by atoms with E-state index in [9.17, 15) is 4.79 Å². The van der Waals surface area contributed by atoms with Gasteiger partial charge in [0.15, 0.2) is 5.65 Å². The van der Waals surface area contributed by atoms with E-state index in [1.165, 1.54) is 0 Å². The van der Waals surface area contributed by atoms with Gasteiger partial charge in [-0.25, -0.2) is 9.67 Å². The van der Waals surface area contributed by atoms with E-state index in [1.54, 1.807) is 19.5 Å². The lowest BCUT2D eigenvalue weighted by Crippen LogP contribution is -2.48. The standard InChI is InChI=1S/C23H29N5O2/c1-16(2)14-28-22-17(13-25-28)11-18(12-24-22)23(29)26-19-7-6-10-27(15-19)20-8-4-5-9-21(20)30-3/h4-5,8-9,11-13,16,19H,6-7,10,14-15H2,1-3H3,(H,26,29). The minimum atomic E-state index is -0.0899. The van der Waals surface area contributed by atoms with E-state index in [4.69, 9.17) is 4.74 Å². The van der Waals surface area contributed by atoms with Gasteiger partial charge in [0.05, 0.1) is 24.6 Å². The third kappa shape index (κ3) is 4.25. The Morgan fingerprint density at radius 3 is 2.93 bits per heavy atom. The molecule has 158 valence electrons. The molecular formula is C23H29N5O2. The van der Waals surface area contributed by atoms with Crippen molar-refractivity contribution in [1.82, 2.24) is 20.1 Å². The van der Waals surface area contributed by atoms with Crippen LogP contribution in [0.5, 0.6) is 5.75 Å². The highest BCUT2D eigenvalue weighted by molar-refractivity contribution is 5.97. The first kappa shape index (κ1) is 20.2. The van der Waals surface area contributed by atoms with E-state index in [1.807, 2.05) is 28.9 Å². The van der Waals surface area contributed by atoms with Crippen LogP contribution in [0.15, 0.2) is 42.7 Å². The maximum atomic E-state index is 12.9. The number of nitrogens with zero attached hydrogens (tertiary/aromatic N) is 4. The average Bonchev–Trinajstić information content (AvgIpc) is 3.15. The Bertz CT molecular complexity index is 1030. The first-order chi connectivity index (χ1) is 14.5. The maximum Gasteiger partial charge on any atom is 0.253 e. The molecule has 3 heterocycles. The number of fused-ring (bicyclic) bond motifs is 1. The second-order valence-electron chi connectivity index (χ2n) is 8.29. The molecule has 0 radical (unpaired) electrons. The molecule has 0 spiro atoms. The summed E-state index contributed by atoms with van der Waals surface area (Å²) in [6.07, 6.45) is 5.41. The number of carbonyl (C=O) groups excluding carboxylic acids is 1. The largest absolute Gasteiger partial charge is 0.495 e. The minimum Gasteiger partial charge on any atom is -0.495 e. The minimum absolute atomic E-state index is 0.0792. The number of amides is 1. The number of piperidine rings is 1. The second kappa shape index (κ2) is 8.73. The van der Waals surface area contributed by atoms with Crippen molar-refractivity contribution in [1.29, 1.82) is 0 Å². The number of benzene rings is 1. The highest BCUT2D eigenvalue weighted by Gasteiger charge is 2.24. The summed E-state index contributed by atoms with van der Waals surface area (Å²) in [6, 6.07) is 9.98. The molecule has 1 aliphatic heterocycles. The summed E-state index contributed by atoms with van der Waals surface area (Å²) < 4.78 is 7.40. The number of anilines is 1. The molecular weight excluding hydrogens is 378 g/mol. The number of nitrogens with one attached hydrogen (secondary N) is 1. The normalized spacial score (nSPS) is 16.8. The van der Waals surface area contributed by atoms with E-state index >= 15 is 0 Å². The van der Waals surface area contributed by atoms with Crippen molar-refractivity contribution >= 4 is 22.6 Å². The molecule has 2 aromatic heterocycles. The SMILES string of the molecule is COc1ccccc1N1CCCC(NC(=O)c2cnc3c(cnn3CC(C)C)c2)C1. The van der Waals surface area contributed by atoms with Crippen LogP contribution in [0.25, 0.3) is 11.0 Å². The average molecular weight is 408 g/mol. The molecule has 1 atom stereocenters. The van der Waals surface area contributed by atoms with Gasteiger partial charge in [0.1, 0.15) is 5.75 Å². The Hall–Kier alpha value is -3.09. The lowest BCUT2D eigenvalue weighted by atomic mass is 10.0. The summed E-state index contributed by atoms with van der Waals surface area (Å²) in [4.78, 5) is 19.7. The fourth-order valence-electron chi connectivity index (χ4n) is 4.05. The van der Waals surface area contributed by atoms with Crippen molar-refractivity contribution in [2.75, 3.05) is 25.1 Å². The number of pyridine rings is 1. The van der Waals surface area contributed by atoms with Crippen LogP contribution in [0.2, 0.25) is 0 Å². The second-order valence-corrected chi connectivity index (χ2v) is 8.29. The number of methoxy groups -OCH3 is 1. The third-order valence-electron chi connectivity index (χ3n) is 5.46. The zero-order valence-corrected chi connectivity index (χ0v) is 17.8. The number of rotatable bonds is 6. The number of hydrogen-bond donors (Lipinski definition) is 1. The van der Waals surface area contributed by atoms with Gasteiger partial charge in [-0.3, -0.25) is 4.79 Å². The van der Waals surface area contributed by atoms with Gasteiger partial charge in [0.25, 0.3) is 5.91 Å². The predicted octanol–water partition coefficient (Wildman–Crippen LogP) is 3.49. The van der Waals surface area contributed by atoms with Gasteiger partial charge < -0.3 is 15.0 Å². The van der Waals surface area contributed by atoms with E-state index < -0.39 is 0 Å². The predicted molar refractivity (Wildman–Crippen MR) is 118 cm³/mol. The van der Waals surface area contributed by atoms with Crippen molar-refractivity contribution in [2.45, 2.75) is 39.3 Å². The third-order valence-corrected chi connectivity index (χ3v) is 5.46. The van der Waals surface area contributed by atoms with Crippen LogP contribution < -0.4 is 15.0 Å². The first-order valence-electron chi connectivity index (χ1n) is 10.6. The molecule has 1 fully saturated rings. The molecule has 0 saturated carbocycles. The topological polar surface area (TPSA) is 72.3 Å². The molecule has 4 rings (SSSR count). The van der Waals surface area contributed by atoms with Gasteiger partial charge in [-0.1, -0.05) is 26.0 Å². The molecule has 1 unspecified atom stereocenters. The molecule has 1 aromatic carbocycles. The fourth-order valence-corrected chi connectivity index (χ4v) is 4.05. The van der Waals surface area contributed by atoms with Crippen LogP contribution in [-0.4, -0.2) is 46.9 Å². The number of carbonyl (C=O) groups is 1. The summed E-state index contributed by atoms with van der Waals surface area (Å²) >= 11 is 0. The molecule has 1 amide bonds. The van der Waals surface area contributed by atoms with E-state index in [-0.39, 0.29) is 11.9 Å². The van der Waals surface area contributed by atoms with Gasteiger partial charge in [-0.15, -0.1) is 0 Å². The first-order valence-corrected chi connectivity index (χ1v) is 10.6. The molecule has 1 saturated heterocycles. The molecule has 7 heteroatoms. The van der Waals surface area contributed by atoms with Gasteiger partial charge in [0.2, 0.25) is 0 Å². The van der Waals surface area contributed by atoms with Gasteiger partial charge in [-0.2, -0.15) is 5.10 Å². The Morgan fingerprint density at radius 2 is 2.13 bits per heavy atom. The summed E-state index contributed by atoms with van der Waals surface area (Å²) in [5.41, 5.74) is 2.46. The zero-order valence-electron chi connectivity index (χ0n) is 17.8. The maximum absolute atomic E-state index is 12.9. The van der Waals surface area contributed by atoms with E-state index in [0.29, 0.717) is 11.5 Å². The zero-order chi connectivity index (χ0) is 21.1. The monoisotopic (exact) mass is 407 g/mol. The van der Waals surface area contributed by atoms with Crippen molar-refractivity contribution in [3.63, 3.8) is 0 Å².